The molecule has 14 atom stereocenters. The van der Waals surface area contributed by atoms with Crippen LogP contribution < -0.4 is 21.3 Å². The van der Waals surface area contributed by atoms with Crippen LogP contribution in [0, 0.1) is 41.4 Å². The molecule has 14 unspecified atom stereocenters. The zero-order valence-electron chi connectivity index (χ0n) is 66.1. The Morgan fingerprint density at radius 2 is 0.960 bits per heavy atom. The van der Waals surface area contributed by atoms with Gasteiger partial charge in [0.25, 0.3) is 0 Å². The minimum absolute atomic E-state index is 0.0585. The molecule has 2 aliphatic heterocycles. The minimum Gasteiger partial charge on any atom is -0.459 e. The summed E-state index contributed by atoms with van der Waals surface area (Å²) in [6.07, 6.45) is 2.77. The molecule has 0 saturated carbocycles. The van der Waals surface area contributed by atoms with E-state index in [9.17, 15) is 28.8 Å². The number of hydrogen-bond acceptors (Lipinski definition) is 16. The fraction of sp³-hybridized carbons (Fsp3) is 0.795. The molecule has 28 nitrogen and oxygen atoms in total. The van der Waals surface area contributed by atoms with Gasteiger partial charge in [-0.25, -0.2) is 0 Å². The van der Waals surface area contributed by atoms with Crippen LogP contribution in [0.3, 0.4) is 0 Å². The number of ether oxygens (including phenoxy) is 2. The molecule has 576 valence electrons. The average Bonchev–Trinajstić information content (AvgIpc) is 0.804. The fourth-order valence-electron chi connectivity index (χ4n) is 13.2. The Hall–Kier alpha value is -7.23. The molecule has 0 aromatic heterocycles. The molecule has 0 aliphatic carbocycles. The second-order valence-corrected chi connectivity index (χ2v) is 30.4. The van der Waals surface area contributed by atoms with Gasteiger partial charge in [0.15, 0.2) is 0 Å². The van der Waals surface area contributed by atoms with Crippen molar-refractivity contribution < 1.29 is 71.8 Å². The Morgan fingerprint density at radius 1 is 0.495 bits per heavy atom. The summed E-state index contributed by atoms with van der Waals surface area (Å²) in [6.45, 7) is 36.1. The minimum atomic E-state index is -1.66. The van der Waals surface area contributed by atoms with E-state index in [1.54, 1.807) is 72.4 Å². The number of hydrogen-bond donors (Lipinski definition) is 4. The SMILES string of the molecule is CC=CCC(C)C(OC(C)=O)C1C(=O)NC(CC)C(=O)N(C)C(C)C(=O)N(C)C(C(C)COCC(=O)N2CCN(C(C)C)CC2)C(=O)NC(C(C)C)C(=O)N(C)C(CC(C)C)C(=O)NC(C)C(=O)NC(C)C(=O)N(C)C(CC(C)C)C(=O)N(C)C(CC(C)C)C(=O)N(C)C(C(C)C)C(=O)N1C. The second-order valence-electron chi connectivity index (χ2n) is 30.4. The number of carbonyl (C=O) groups excluding carboxylic acids is 13. The van der Waals surface area contributed by atoms with Gasteiger partial charge in [0.2, 0.25) is 70.9 Å². The third-order valence-corrected chi connectivity index (χ3v) is 19.6. The molecule has 0 radical (unpaired) electrons. The van der Waals surface area contributed by atoms with Crippen molar-refractivity contribution in [2.45, 2.75) is 249 Å². The first-order chi connectivity index (χ1) is 46.8. The smallest absolute Gasteiger partial charge is 0.303 e. The Morgan fingerprint density at radius 3 is 1.44 bits per heavy atom. The standard InChI is InChI=1S/C73H129N13O15/c1-28-30-31-47(15)62(101-52(20)87)61-66(92)76-53(29-2)69(95)78(21)51(19)68(94)83(26)60(48(16)39-100-40-57(88)86-34-32-85(33-35-86)46(13)14)65(91)77-58(44(9)10)72(98)79(22)54(36-41(3)4)64(90)74-49(17)63(89)75-50(18)67(93)80(23)55(37-42(5)6)70(96)81(24)56(38-43(7)8)71(97)82(25)59(45(11)12)73(99)84(61)27/h28,30,41-51,53-56,58-62H,29,31-40H2,1-27H3,(H,74,90)(H,75,89)(H,76,92)(H,77,91). The van der Waals surface area contributed by atoms with Crippen LogP contribution in [-0.4, -0.2) is 288 Å². The highest BCUT2D eigenvalue weighted by molar-refractivity contribution is 6.00. The summed E-state index contributed by atoms with van der Waals surface area (Å²) in [5.41, 5.74) is 0. The normalized spacial score (nSPS) is 26.6. The highest BCUT2D eigenvalue weighted by Gasteiger charge is 2.48. The maximum absolute atomic E-state index is 15.6. The number of carbonyl (C=O) groups is 13. The molecule has 2 saturated heterocycles. The van der Waals surface area contributed by atoms with Gasteiger partial charge in [-0.1, -0.05) is 102 Å². The van der Waals surface area contributed by atoms with Gasteiger partial charge >= 0.3 is 5.97 Å². The van der Waals surface area contributed by atoms with Gasteiger partial charge < -0.3 is 69.9 Å². The van der Waals surface area contributed by atoms with E-state index in [2.05, 4.69) is 40.0 Å². The maximum Gasteiger partial charge on any atom is 0.303 e. The summed E-state index contributed by atoms with van der Waals surface area (Å²) in [7, 11) is 9.77. The summed E-state index contributed by atoms with van der Waals surface area (Å²) in [5.74, 6) is -12.5. The van der Waals surface area contributed by atoms with E-state index in [0.717, 1.165) is 21.6 Å². The van der Waals surface area contributed by atoms with Crippen molar-refractivity contribution in [1.29, 1.82) is 0 Å². The molecule has 2 fully saturated rings. The molecule has 2 heterocycles. The van der Waals surface area contributed by atoms with Gasteiger partial charge in [0.05, 0.1) is 6.61 Å². The number of likely N-dealkylation sites (N-methyl/N-ethyl adjacent to an activating group) is 7. The van der Waals surface area contributed by atoms with Crippen LogP contribution in [-0.2, 0) is 71.8 Å². The molecular formula is C73H129N13O15. The van der Waals surface area contributed by atoms with Crippen LogP contribution in [0.4, 0.5) is 0 Å². The van der Waals surface area contributed by atoms with Crippen LogP contribution in [0.2, 0.25) is 0 Å². The van der Waals surface area contributed by atoms with Gasteiger partial charge in [0, 0.05) is 94.4 Å². The number of rotatable bonds is 20. The van der Waals surface area contributed by atoms with Gasteiger partial charge in [0.1, 0.15) is 79.2 Å². The first kappa shape index (κ1) is 89.9. The number of esters is 1. The molecule has 2 aliphatic rings. The molecule has 12 amide bonds. The second kappa shape index (κ2) is 41.2. The van der Waals surface area contributed by atoms with Crippen LogP contribution in [0.15, 0.2) is 12.2 Å². The third kappa shape index (κ3) is 25.0. The van der Waals surface area contributed by atoms with Gasteiger partial charge in [-0.3, -0.25) is 67.2 Å². The highest BCUT2D eigenvalue weighted by Crippen LogP contribution is 2.27. The predicted molar refractivity (Wildman–Crippen MR) is 386 cm³/mol. The monoisotopic (exact) mass is 1430 g/mol. The molecule has 2 rings (SSSR count). The Bertz CT molecular complexity index is 2860. The van der Waals surface area contributed by atoms with Gasteiger partial charge in [-0.15, -0.1) is 0 Å². The average molecular weight is 1430 g/mol. The third-order valence-electron chi connectivity index (χ3n) is 19.6. The first-order valence-electron chi connectivity index (χ1n) is 36.3. The predicted octanol–water partition coefficient (Wildman–Crippen LogP) is 3.39. The summed E-state index contributed by atoms with van der Waals surface area (Å²) >= 11 is 0. The van der Waals surface area contributed by atoms with Crippen molar-refractivity contribution >= 4 is 76.9 Å². The van der Waals surface area contributed by atoms with Crippen molar-refractivity contribution in [2.24, 2.45) is 41.4 Å². The molecular weight excluding hydrogens is 1300 g/mol. The fourth-order valence-corrected chi connectivity index (χ4v) is 13.2. The summed E-state index contributed by atoms with van der Waals surface area (Å²) in [4.78, 5) is 204. The lowest BCUT2D eigenvalue weighted by atomic mass is 9.91. The van der Waals surface area contributed by atoms with Crippen molar-refractivity contribution in [3.8, 4) is 0 Å². The lowest BCUT2D eigenvalue weighted by Gasteiger charge is -2.42. The number of allylic oxidation sites excluding steroid dienone is 2. The number of nitrogens with zero attached hydrogens (tertiary/aromatic N) is 9. The van der Waals surface area contributed by atoms with E-state index in [-0.39, 0.29) is 69.0 Å². The van der Waals surface area contributed by atoms with E-state index in [1.165, 1.54) is 89.7 Å². The van der Waals surface area contributed by atoms with Crippen molar-refractivity contribution in [1.82, 2.24) is 65.4 Å². The molecule has 28 heteroatoms. The molecule has 0 spiro atoms. The molecule has 0 bridgehead atoms. The quantitative estimate of drug-likeness (QED) is 0.100. The van der Waals surface area contributed by atoms with Crippen molar-refractivity contribution in [2.75, 3.05) is 88.7 Å². The molecule has 101 heavy (non-hydrogen) atoms. The Labute approximate surface area is 603 Å². The number of nitrogens with one attached hydrogen (secondary N) is 4. The van der Waals surface area contributed by atoms with Gasteiger partial charge in [-0.05, 0) is 109 Å². The van der Waals surface area contributed by atoms with Crippen LogP contribution in [0.5, 0.6) is 0 Å². The van der Waals surface area contributed by atoms with Crippen molar-refractivity contribution in [3.63, 3.8) is 0 Å². The molecule has 4 N–H and O–H groups in total. The van der Waals surface area contributed by atoms with Crippen molar-refractivity contribution in [3.05, 3.63) is 12.2 Å². The molecule has 0 aromatic carbocycles. The summed E-state index contributed by atoms with van der Waals surface area (Å²) in [5, 5.41) is 11.1. The van der Waals surface area contributed by atoms with Crippen LogP contribution in [0.1, 0.15) is 171 Å². The first-order valence-corrected chi connectivity index (χ1v) is 36.3. The zero-order valence-corrected chi connectivity index (χ0v) is 66.1. The Balaban J connectivity index is 3.10. The molecule has 0 aromatic rings. The number of piperazine rings is 1. The number of amides is 12. The summed E-state index contributed by atoms with van der Waals surface area (Å²) in [6, 6.07) is -14.3. The summed E-state index contributed by atoms with van der Waals surface area (Å²) < 4.78 is 12.0. The van der Waals surface area contributed by atoms with E-state index < -0.39 is 167 Å². The van der Waals surface area contributed by atoms with E-state index >= 15 is 33.6 Å². The van der Waals surface area contributed by atoms with Crippen LogP contribution >= 0.6 is 0 Å². The van der Waals surface area contributed by atoms with E-state index in [0.29, 0.717) is 32.2 Å². The van der Waals surface area contributed by atoms with Gasteiger partial charge in [-0.2, -0.15) is 0 Å². The maximum atomic E-state index is 15.6. The zero-order chi connectivity index (χ0) is 77.7. The Kier molecular flexibility index (Phi) is 36.6. The lowest BCUT2D eigenvalue weighted by molar-refractivity contribution is -0.164. The van der Waals surface area contributed by atoms with E-state index in [1.807, 2.05) is 41.5 Å². The largest absolute Gasteiger partial charge is 0.459 e. The highest BCUT2D eigenvalue weighted by atomic mass is 16.5. The van der Waals surface area contributed by atoms with E-state index in [4.69, 9.17) is 9.47 Å². The lowest BCUT2D eigenvalue weighted by Crippen LogP contribution is -2.64. The topological polar surface area (TPSA) is 318 Å². The van der Waals surface area contributed by atoms with Crippen LogP contribution in [0.25, 0.3) is 0 Å².